The van der Waals surface area contributed by atoms with Crippen molar-refractivity contribution in [2.45, 2.75) is 13.5 Å². The Morgan fingerprint density at radius 3 is 2.54 bits per heavy atom. The Morgan fingerprint density at radius 2 is 2.00 bits per heavy atom. The van der Waals surface area contributed by atoms with Crippen molar-refractivity contribution in [1.29, 1.82) is 0 Å². The maximum Gasteiger partial charge on any atom is 0.119 e. The lowest BCUT2D eigenvalue weighted by Crippen LogP contribution is -2.09. The molecule has 0 aromatic heterocycles. The molecule has 13 heavy (non-hydrogen) atoms. The molecule has 0 atom stereocenters. The van der Waals surface area contributed by atoms with Gasteiger partial charge in [-0.15, -0.1) is 0 Å². The molecule has 0 saturated carbocycles. The molecule has 0 radical (unpaired) electrons. The van der Waals surface area contributed by atoms with E-state index < -0.39 is 0 Å². The molecule has 1 aromatic rings. The largest absolute Gasteiger partial charge is 0.494 e. The summed E-state index contributed by atoms with van der Waals surface area (Å²) in [5.41, 5.74) is 2.09. The molecule has 0 unspecified atom stereocenters. The Kier molecular flexibility index (Phi) is 4.86. The van der Waals surface area contributed by atoms with E-state index in [9.17, 15) is 0 Å². The van der Waals surface area contributed by atoms with Gasteiger partial charge < -0.3 is 10.1 Å². The van der Waals surface area contributed by atoms with Crippen LogP contribution in [-0.2, 0) is 6.54 Å². The topological polar surface area (TPSA) is 21.3 Å². The normalized spacial score (nSPS) is 10.0. The van der Waals surface area contributed by atoms with Crippen LogP contribution in [0, 0.1) is 0 Å². The van der Waals surface area contributed by atoms with Crippen molar-refractivity contribution < 1.29 is 4.74 Å². The number of halogens is 1. The van der Waals surface area contributed by atoms with Crippen LogP contribution in [0.5, 0.6) is 5.75 Å². The fraction of sp³-hybridized carbons (Fsp3) is 0.400. The second kappa shape index (κ2) is 6.00. The van der Waals surface area contributed by atoms with E-state index in [1.807, 2.05) is 19.1 Å². The molecule has 3 heteroatoms. The monoisotopic (exact) mass is 243 g/mol. The highest BCUT2D eigenvalue weighted by molar-refractivity contribution is 9.09. The third kappa shape index (κ3) is 3.79. The van der Waals surface area contributed by atoms with Gasteiger partial charge >= 0.3 is 0 Å². The first-order valence-corrected chi connectivity index (χ1v) is 5.47. The Morgan fingerprint density at radius 1 is 1.31 bits per heavy atom. The zero-order valence-electron chi connectivity index (χ0n) is 7.72. The van der Waals surface area contributed by atoms with Gasteiger partial charge in [0.1, 0.15) is 5.75 Å². The molecule has 1 N–H and O–H groups in total. The number of hydrogen-bond acceptors (Lipinski definition) is 2. The van der Waals surface area contributed by atoms with Gasteiger partial charge in [-0.1, -0.05) is 28.1 Å². The summed E-state index contributed by atoms with van der Waals surface area (Å²) in [6, 6.07) is 8.13. The van der Waals surface area contributed by atoms with Crippen LogP contribution in [0.4, 0.5) is 0 Å². The van der Waals surface area contributed by atoms with Crippen LogP contribution in [0.2, 0.25) is 0 Å². The molecule has 0 aliphatic carbocycles. The molecular formula is C10H14BrNO. The van der Waals surface area contributed by atoms with Crippen LogP contribution in [-0.4, -0.2) is 12.1 Å². The van der Waals surface area contributed by atoms with E-state index in [1.165, 1.54) is 5.56 Å². The predicted molar refractivity (Wildman–Crippen MR) is 58.2 cm³/mol. The van der Waals surface area contributed by atoms with Gasteiger partial charge in [0.15, 0.2) is 0 Å². The van der Waals surface area contributed by atoms with E-state index in [2.05, 4.69) is 33.4 Å². The van der Waals surface area contributed by atoms with E-state index in [0.717, 1.165) is 24.4 Å². The number of ether oxygens (including phenoxy) is 1. The highest BCUT2D eigenvalue weighted by atomic mass is 79.9. The Balaban J connectivity index is 2.48. The fourth-order valence-corrected chi connectivity index (χ4v) is 1.26. The summed E-state index contributed by atoms with van der Waals surface area (Å²) in [4.78, 5) is 0. The molecule has 0 saturated heterocycles. The zero-order valence-corrected chi connectivity index (χ0v) is 9.30. The molecule has 0 spiro atoms. The number of alkyl halides is 1. The first kappa shape index (κ1) is 10.5. The third-order valence-electron chi connectivity index (χ3n) is 1.66. The van der Waals surface area contributed by atoms with Gasteiger partial charge in [0.25, 0.3) is 0 Å². The van der Waals surface area contributed by atoms with E-state index in [0.29, 0.717) is 0 Å². The molecule has 72 valence electrons. The lowest BCUT2D eigenvalue weighted by Gasteiger charge is -2.04. The summed E-state index contributed by atoms with van der Waals surface area (Å²) in [5.74, 6) is 0.935. The van der Waals surface area contributed by atoms with Crippen LogP contribution >= 0.6 is 15.9 Å². The van der Waals surface area contributed by atoms with Gasteiger partial charge in [0.05, 0.1) is 12.1 Å². The smallest absolute Gasteiger partial charge is 0.119 e. The Labute approximate surface area is 87.4 Å². The molecule has 0 aliphatic rings. The number of rotatable bonds is 5. The maximum absolute atomic E-state index is 5.34. The van der Waals surface area contributed by atoms with Gasteiger partial charge in [0, 0.05) is 6.54 Å². The summed E-state index contributed by atoms with van der Waals surface area (Å²) >= 11 is 3.31. The van der Waals surface area contributed by atoms with E-state index in [4.69, 9.17) is 4.74 Å². The van der Waals surface area contributed by atoms with Crippen LogP contribution in [0.3, 0.4) is 0 Å². The summed E-state index contributed by atoms with van der Waals surface area (Å²) in [5, 5.41) is 3.19. The lowest BCUT2D eigenvalue weighted by molar-refractivity contribution is 0.340. The molecule has 0 aliphatic heterocycles. The molecule has 0 heterocycles. The summed E-state index contributed by atoms with van der Waals surface area (Å²) in [6.45, 7) is 3.59. The van der Waals surface area contributed by atoms with Gasteiger partial charge in [-0.05, 0) is 24.6 Å². The summed E-state index contributed by atoms with van der Waals surface area (Å²) in [7, 11) is 0. The van der Waals surface area contributed by atoms with Crippen LogP contribution in [0.15, 0.2) is 24.3 Å². The molecule has 0 fully saturated rings. The molecule has 2 nitrogen and oxygen atoms in total. The van der Waals surface area contributed by atoms with E-state index in [-0.39, 0.29) is 0 Å². The molecule has 1 rings (SSSR count). The minimum absolute atomic E-state index is 0.721. The third-order valence-corrected chi connectivity index (χ3v) is 2.05. The zero-order chi connectivity index (χ0) is 9.52. The van der Waals surface area contributed by atoms with Crippen molar-refractivity contribution in [3.05, 3.63) is 29.8 Å². The fourth-order valence-electron chi connectivity index (χ4n) is 1.06. The second-order valence-corrected chi connectivity index (χ2v) is 3.20. The number of hydrogen-bond donors (Lipinski definition) is 1. The highest BCUT2D eigenvalue weighted by Gasteiger charge is 1.93. The summed E-state index contributed by atoms with van der Waals surface area (Å²) in [6.07, 6.45) is 0. The lowest BCUT2D eigenvalue weighted by atomic mass is 10.2. The second-order valence-electron chi connectivity index (χ2n) is 2.64. The molecule has 0 amide bonds. The van der Waals surface area contributed by atoms with Crippen molar-refractivity contribution in [3.63, 3.8) is 0 Å². The quantitative estimate of drug-likeness (QED) is 0.634. The van der Waals surface area contributed by atoms with Crippen molar-refractivity contribution in [1.82, 2.24) is 5.32 Å². The SMILES string of the molecule is CCOc1ccc(CNCBr)cc1. The number of nitrogens with one attached hydrogen (secondary N) is 1. The predicted octanol–water partition coefficient (Wildman–Crippen LogP) is 2.53. The van der Waals surface area contributed by atoms with Crippen LogP contribution < -0.4 is 10.1 Å². The highest BCUT2D eigenvalue weighted by Crippen LogP contribution is 2.11. The first-order chi connectivity index (χ1) is 6.36. The molecule has 0 bridgehead atoms. The Bertz CT molecular complexity index is 235. The van der Waals surface area contributed by atoms with Gasteiger partial charge in [-0.2, -0.15) is 0 Å². The summed E-state index contributed by atoms with van der Waals surface area (Å²) < 4.78 is 5.34. The van der Waals surface area contributed by atoms with Crippen LogP contribution in [0.1, 0.15) is 12.5 Å². The van der Waals surface area contributed by atoms with E-state index >= 15 is 0 Å². The van der Waals surface area contributed by atoms with Crippen molar-refractivity contribution in [2.75, 3.05) is 12.1 Å². The van der Waals surface area contributed by atoms with Gasteiger partial charge in [-0.25, -0.2) is 0 Å². The van der Waals surface area contributed by atoms with Gasteiger partial charge in [-0.3, -0.25) is 0 Å². The minimum atomic E-state index is 0.721. The first-order valence-electron chi connectivity index (χ1n) is 4.35. The average molecular weight is 244 g/mol. The van der Waals surface area contributed by atoms with Crippen molar-refractivity contribution >= 4 is 15.9 Å². The van der Waals surface area contributed by atoms with E-state index in [1.54, 1.807) is 0 Å². The maximum atomic E-state index is 5.34. The minimum Gasteiger partial charge on any atom is -0.494 e. The average Bonchev–Trinajstić information content (AvgIpc) is 2.17. The van der Waals surface area contributed by atoms with Gasteiger partial charge in [0.2, 0.25) is 0 Å². The standard InChI is InChI=1S/C10H14BrNO/c1-2-13-10-5-3-9(4-6-10)7-12-8-11/h3-6,12H,2,7-8H2,1H3. The molecule has 1 aromatic carbocycles. The number of benzene rings is 1. The Hall–Kier alpha value is -0.540. The van der Waals surface area contributed by atoms with Crippen molar-refractivity contribution in [2.24, 2.45) is 0 Å². The molecular weight excluding hydrogens is 230 g/mol. The van der Waals surface area contributed by atoms with Crippen molar-refractivity contribution in [3.8, 4) is 5.75 Å². The van der Waals surface area contributed by atoms with Crippen LogP contribution in [0.25, 0.3) is 0 Å².